The molecule has 2 heteroatoms. The Labute approximate surface area is 60.2 Å². The first-order chi connectivity index (χ1) is 4.38. The molecule has 0 bridgehead atoms. The zero-order valence-corrected chi connectivity index (χ0v) is 6.49. The van der Waals surface area contributed by atoms with Crippen molar-refractivity contribution in [3.05, 3.63) is 0 Å². The predicted molar refractivity (Wildman–Crippen MR) is 39.8 cm³/mol. The van der Waals surface area contributed by atoms with Crippen LogP contribution < -0.4 is 0 Å². The zero-order chi connectivity index (χ0) is 6.27. The predicted octanol–water partition coefficient (Wildman–Crippen LogP) is 1.53. The van der Waals surface area contributed by atoms with Crippen molar-refractivity contribution < 1.29 is 4.74 Å². The fraction of sp³-hybridized carbons (Fsp3) is 1.00. The first-order valence-corrected chi connectivity index (χ1v) is 4.66. The summed E-state index contributed by atoms with van der Waals surface area (Å²) in [5, 5.41) is 0.847. The minimum atomic E-state index is 0.606. The minimum Gasteiger partial charge on any atom is -0.377 e. The molecule has 2 saturated heterocycles. The van der Waals surface area contributed by atoms with Crippen LogP contribution in [0.3, 0.4) is 0 Å². The van der Waals surface area contributed by atoms with Crippen molar-refractivity contribution >= 4 is 11.8 Å². The van der Waals surface area contributed by atoms with Crippen LogP contribution in [0, 0.1) is 5.92 Å². The largest absolute Gasteiger partial charge is 0.377 e. The maximum atomic E-state index is 5.57. The van der Waals surface area contributed by atoms with Gasteiger partial charge in [0.2, 0.25) is 0 Å². The molecule has 2 aliphatic rings. The van der Waals surface area contributed by atoms with Gasteiger partial charge in [-0.1, -0.05) is 6.92 Å². The van der Waals surface area contributed by atoms with Gasteiger partial charge in [0.25, 0.3) is 0 Å². The van der Waals surface area contributed by atoms with Crippen LogP contribution in [0.15, 0.2) is 0 Å². The molecule has 9 heavy (non-hydrogen) atoms. The van der Waals surface area contributed by atoms with Gasteiger partial charge in [-0.25, -0.2) is 0 Å². The second-order valence-corrected chi connectivity index (χ2v) is 4.25. The highest BCUT2D eigenvalue weighted by atomic mass is 32.2. The Morgan fingerprint density at radius 2 is 2.44 bits per heavy atom. The standard InChI is InChI=1S/C7H12OS/c1-5-4-9-6-2-3-8-7(5)6/h5-7H,2-4H2,1H3. The SMILES string of the molecule is CC1CSC2CCOC12. The number of ether oxygens (including phenoxy) is 1. The maximum Gasteiger partial charge on any atom is 0.0727 e. The monoisotopic (exact) mass is 144 g/mol. The van der Waals surface area contributed by atoms with E-state index in [0.717, 1.165) is 17.8 Å². The van der Waals surface area contributed by atoms with Gasteiger partial charge < -0.3 is 4.74 Å². The Hall–Kier alpha value is 0.310. The normalized spacial score (nSPS) is 49.7. The van der Waals surface area contributed by atoms with Crippen LogP contribution in [0.25, 0.3) is 0 Å². The molecule has 0 radical (unpaired) electrons. The minimum absolute atomic E-state index is 0.606. The van der Waals surface area contributed by atoms with E-state index < -0.39 is 0 Å². The summed E-state index contributed by atoms with van der Waals surface area (Å²) in [7, 11) is 0. The average molecular weight is 144 g/mol. The number of hydrogen-bond donors (Lipinski definition) is 0. The molecule has 1 nitrogen and oxygen atoms in total. The number of hydrogen-bond acceptors (Lipinski definition) is 2. The lowest BCUT2D eigenvalue weighted by Gasteiger charge is -2.10. The lowest BCUT2D eigenvalue weighted by Crippen LogP contribution is -2.18. The van der Waals surface area contributed by atoms with Gasteiger partial charge in [-0.15, -0.1) is 0 Å². The molecule has 2 aliphatic heterocycles. The molecule has 0 saturated carbocycles. The number of rotatable bonds is 0. The smallest absolute Gasteiger partial charge is 0.0727 e. The molecular formula is C7H12OS. The Morgan fingerprint density at radius 1 is 1.56 bits per heavy atom. The van der Waals surface area contributed by atoms with Crippen LogP contribution in [-0.2, 0) is 4.74 Å². The third-order valence-corrected chi connectivity index (χ3v) is 3.86. The van der Waals surface area contributed by atoms with E-state index in [1.165, 1.54) is 12.2 Å². The summed E-state index contributed by atoms with van der Waals surface area (Å²) >= 11 is 2.10. The van der Waals surface area contributed by atoms with Crippen molar-refractivity contribution in [2.45, 2.75) is 24.7 Å². The third kappa shape index (κ3) is 0.887. The zero-order valence-electron chi connectivity index (χ0n) is 5.67. The molecule has 3 atom stereocenters. The summed E-state index contributed by atoms with van der Waals surface area (Å²) in [6.07, 6.45) is 1.90. The molecule has 0 spiro atoms. The van der Waals surface area contributed by atoms with Gasteiger partial charge in [0.1, 0.15) is 0 Å². The van der Waals surface area contributed by atoms with Gasteiger partial charge in [-0.05, 0) is 18.1 Å². The van der Waals surface area contributed by atoms with Crippen LogP contribution in [0.1, 0.15) is 13.3 Å². The molecule has 0 aromatic carbocycles. The van der Waals surface area contributed by atoms with E-state index in [0.29, 0.717) is 6.10 Å². The van der Waals surface area contributed by atoms with Crippen LogP contribution >= 0.6 is 11.8 Å². The Bertz CT molecular complexity index is 115. The second-order valence-electron chi connectivity index (χ2n) is 2.97. The van der Waals surface area contributed by atoms with Crippen LogP contribution in [0.5, 0.6) is 0 Å². The van der Waals surface area contributed by atoms with Gasteiger partial charge in [0.05, 0.1) is 6.10 Å². The second kappa shape index (κ2) is 2.17. The van der Waals surface area contributed by atoms with Crippen LogP contribution in [0.2, 0.25) is 0 Å². The highest BCUT2D eigenvalue weighted by Gasteiger charge is 2.38. The van der Waals surface area contributed by atoms with Gasteiger partial charge in [0, 0.05) is 11.9 Å². The van der Waals surface area contributed by atoms with Crippen molar-refractivity contribution in [3.63, 3.8) is 0 Å². The topological polar surface area (TPSA) is 9.23 Å². The van der Waals surface area contributed by atoms with Crippen molar-refractivity contribution in [1.82, 2.24) is 0 Å². The molecule has 52 valence electrons. The van der Waals surface area contributed by atoms with Gasteiger partial charge >= 0.3 is 0 Å². The Balaban J connectivity index is 2.07. The first kappa shape index (κ1) is 6.05. The van der Waals surface area contributed by atoms with Crippen molar-refractivity contribution in [1.29, 1.82) is 0 Å². The molecule has 2 heterocycles. The van der Waals surface area contributed by atoms with Gasteiger partial charge in [0.15, 0.2) is 0 Å². The Morgan fingerprint density at radius 3 is 3.22 bits per heavy atom. The van der Waals surface area contributed by atoms with E-state index in [9.17, 15) is 0 Å². The van der Waals surface area contributed by atoms with Crippen molar-refractivity contribution in [3.8, 4) is 0 Å². The van der Waals surface area contributed by atoms with E-state index in [4.69, 9.17) is 4.74 Å². The maximum absolute atomic E-state index is 5.57. The van der Waals surface area contributed by atoms with E-state index in [1.54, 1.807) is 0 Å². The summed E-state index contributed by atoms with van der Waals surface area (Å²) in [6.45, 7) is 3.30. The summed E-state index contributed by atoms with van der Waals surface area (Å²) in [6, 6.07) is 0. The third-order valence-electron chi connectivity index (χ3n) is 2.21. The number of fused-ring (bicyclic) bond motifs is 1. The van der Waals surface area contributed by atoms with Crippen molar-refractivity contribution in [2.75, 3.05) is 12.4 Å². The fourth-order valence-corrected chi connectivity index (χ4v) is 3.21. The van der Waals surface area contributed by atoms with E-state index in [1.807, 2.05) is 0 Å². The first-order valence-electron chi connectivity index (χ1n) is 3.61. The van der Waals surface area contributed by atoms with E-state index in [-0.39, 0.29) is 0 Å². The lowest BCUT2D eigenvalue weighted by molar-refractivity contribution is 0.0842. The lowest BCUT2D eigenvalue weighted by atomic mass is 10.1. The average Bonchev–Trinajstić information content (AvgIpc) is 2.35. The summed E-state index contributed by atoms with van der Waals surface area (Å²) in [5.41, 5.74) is 0. The summed E-state index contributed by atoms with van der Waals surface area (Å²) in [5.74, 6) is 2.12. The van der Waals surface area contributed by atoms with E-state index in [2.05, 4.69) is 18.7 Å². The van der Waals surface area contributed by atoms with Crippen molar-refractivity contribution in [2.24, 2.45) is 5.92 Å². The van der Waals surface area contributed by atoms with Crippen LogP contribution in [-0.4, -0.2) is 23.7 Å². The molecule has 0 amide bonds. The van der Waals surface area contributed by atoms with Gasteiger partial charge in [-0.2, -0.15) is 11.8 Å². The molecular weight excluding hydrogens is 132 g/mol. The molecule has 0 aromatic rings. The molecule has 0 N–H and O–H groups in total. The fourth-order valence-electron chi connectivity index (χ4n) is 1.67. The highest BCUT2D eigenvalue weighted by molar-refractivity contribution is 8.00. The molecule has 0 aliphatic carbocycles. The Kier molecular flexibility index (Phi) is 1.46. The summed E-state index contributed by atoms with van der Waals surface area (Å²) < 4.78 is 5.57. The molecule has 3 unspecified atom stereocenters. The highest BCUT2D eigenvalue weighted by Crippen LogP contribution is 2.39. The summed E-state index contributed by atoms with van der Waals surface area (Å²) in [4.78, 5) is 0. The molecule has 0 aromatic heterocycles. The van der Waals surface area contributed by atoms with E-state index >= 15 is 0 Å². The quantitative estimate of drug-likeness (QED) is 0.510. The molecule has 2 rings (SSSR count). The van der Waals surface area contributed by atoms with Crippen LogP contribution in [0.4, 0.5) is 0 Å². The van der Waals surface area contributed by atoms with Gasteiger partial charge in [-0.3, -0.25) is 0 Å². The molecule has 2 fully saturated rings. The number of thioether (sulfide) groups is 1.